The first kappa shape index (κ1) is 13.6. The fourth-order valence-corrected chi connectivity index (χ4v) is 1.94. The second-order valence-corrected chi connectivity index (χ2v) is 4.64. The number of benzene rings is 1. The van der Waals surface area contributed by atoms with Crippen molar-refractivity contribution in [1.29, 1.82) is 0 Å². The molecule has 1 unspecified atom stereocenters. The van der Waals surface area contributed by atoms with Crippen molar-refractivity contribution in [3.63, 3.8) is 0 Å². The Morgan fingerprint density at radius 2 is 2.26 bits per heavy atom. The van der Waals surface area contributed by atoms with E-state index in [9.17, 15) is 0 Å². The van der Waals surface area contributed by atoms with Gasteiger partial charge >= 0.3 is 0 Å². The minimum atomic E-state index is 0.332. The molecule has 0 aliphatic carbocycles. The Bertz CT molecular complexity index is 522. The van der Waals surface area contributed by atoms with Gasteiger partial charge in [0.15, 0.2) is 0 Å². The Labute approximate surface area is 114 Å². The highest BCUT2D eigenvalue weighted by atomic mass is 16.5. The number of nitrogens with one attached hydrogen (secondary N) is 1. The number of hydrogen-bond donors (Lipinski definition) is 1. The van der Waals surface area contributed by atoms with E-state index >= 15 is 0 Å². The third-order valence-electron chi connectivity index (χ3n) is 3.31. The Hall–Kier alpha value is -1.81. The van der Waals surface area contributed by atoms with Crippen LogP contribution >= 0.6 is 0 Å². The number of nitrogens with zero attached hydrogens (tertiary/aromatic N) is 2. The highest BCUT2D eigenvalue weighted by Gasteiger charge is 2.04. The second kappa shape index (κ2) is 6.38. The van der Waals surface area contributed by atoms with Crippen molar-refractivity contribution < 1.29 is 4.74 Å². The van der Waals surface area contributed by atoms with Gasteiger partial charge in [0.1, 0.15) is 11.6 Å². The van der Waals surface area contributed by atoms with Crippen molar-refractivity contribution >= 4 is 0 Å². The SMILES string of the molecule is CNC(C)c1cccc(OCCc2nccn2C)c1. The predicted molar refractivity (Wildman–Crippen MR) is 76.3 cm³/mol. The molecule has 0 amide bonds. The lowest BCUT2D eigenvalue weighted by Gasteiger charge is -2.12. The van der Waals surface area contributed by atoms with E-state index in [1.54, 1.807) is 0 Å². The van der Waals surface area contributed by atoms with E-state index in [2.05, 4.69) is 29.4 Å². The fourth-order valence-electron chi connectivity index (χ4n) is 1.94. The Morgan fingerprint density at radius 1 is 1.42 bits per heavy atom. The summed E-state index contributed by atoms with van der Waals surface area (Å²) in [7, 11) is 3.96. The number of rotatable bonds is 6. The van der Waals surface area contributed by atoms with Crippen molar-refractivity contribution in [2.75, 3.05) is 13.7 Å². The molecule has 0 radical (unpaired) electrons. The monoisotopic (exact) mass is 259 g/mol. The standard InChI is InChI=1S/C15H21N3O/c1-12(16-2)13-5-4-6-14(11-13)19-10-7-15-17-8-9-18(15)3/h4-6,8-9,11-12,16H,7,10H2,1-3H3. The van der Waals surface area contributed by atoms with Crippen LogP contribution in [0.15, 0.2) is 36.7 Å². The van der Waals surface area contributed by atoms with Crippen molar-refractivity contribution in [2.45, 2.75) is 19.4 Å². The van der Waals surface area contributed by atoms with E-state index in [-0.39, 0.29) is 0 Å². The Morgan fingerprint density at radius 3 is 2.95 bits per heavy atom. The molecular weight excluding hydrogens is 238 g/mol. The van der Waals surface area contributed by atoms with E-state index in [1.807, 2.05) is 43.2 Å². The van der Waals surface area contributed by atoms with Crippen LogP contribution in [-0.2, 0) is 13.5 Å². The molecule has 4 heteroatoms. The van der Waals surface area contributed by atoms with Crippen LogP contribution in [0, 0.1) is 0 Å². The van der Waals surface area contributed by atoms with Crippen LogP contribution in [0.25, 0.3) is 0 Å². The molecule has 0 fully saturated rings. The van der Waals surface area contributed by atoms with E-state index in [0.717, 1.165) is 18.0 Å². The minimum absolute atomic E-state index is 0.332. The molecule has 0 bridgehead atoms. The van der Waals surface area contributed by atoms with Gasteiger partial charge in [-0.2, -0.15) is 0 Å². The quantitative estimate of drug-likeness (QED) is 0.865. The molecule has 1 atom stereocenters. The van der Waals surface area contributed by atoms with E-state index in [4.69, 9.17) is 4.74 Å². The molecule has 2 aromatic rings. The van der Waals surface area contributed by atoms with Gasteiger partial charge in [0.05, 0.1) is 6.61 Å². The maximum Gasteiger partial charge on any atom is 0.119 e. The molecule has 4 nitrogen and oxygen atoms in total. The molecule has 19 heavy (non-hydrogen) atoms. The summed E-state index contributed by atoms with van der Waals surface area (Å²) in [5.41, 5.74) is 1.23. The lowest BCUT2D eigenvalue weighted by atomic mass is 10.1. The zero-order valence-corrected chi connectivity index (χ0v) is 11.8. The van der Waals surface area contributed by atoms with Gasteiger partial charge in [-0.25, -0.2) is 4.98 Å². The molecule has 0 aliphatic rings. The van der Waals surface area contributed by atoms with Gasteiger partial charge in [0.2, 0.25) is 0 Å². The molecule has 1 heterocycles. The summed E-state index contributed by atoms with van der Waals surface area (Å²) in [5, 5.41) is 3.23. The van der Waals surface area contributed by atoms with Crippen LogP contribution in [0.4, 0.5) is 0 Å². The summed E-state index contributed by atoms with van der Waals surface area (Å²) < 4.78 is 7.81. The number of aryl methyl sites for hydroxylation is 1. The molecule has 0 saturated heterocycles. The predicted octanol–water partition coefficient (Wildman–Crippen LogP) is 2.32. The van der Waals surface area contributed by atoms with Gasteiger partial charge in [-0.3, -0.25) is 0 Å². The maximum atomic E-state index is 5.79. The average molecular weight is 259 g/mol. The molecule has 0 spiro atoms. The van der Waals surface area contributed by atoms with Gasteiger partial charge in [-0.1, -0.05) is 12.1 Å². The minimum Gasteiger partial charge on any atom is -0.493 e. The molecule has 102 valence electrons. The Balaban J connectivity index is 1.91. The van der Waals surface area contributed by atoms with Gasteiger partial charge in [-0.15, -0.1) is 0 Å². The first-order valence-electron chi connectivity index (χ1n) is 6.57. The zero-order valence-electron chi connectivity index (χ0n) is 11.8. The van der Waals surface area contributed by atoms with E-state index in [1.165, 1.54) is 5.56 Å². The number of ether oxygens (including phenoxy) is 1. The topological polar surface area (TPSA) is 39.1 Å². The van der Waals surface area contributed by atoms with Crippen molar-refractivity contribution in [3.05, 3.63) is 48.0 Å². The highest BCUT2D eigenvalue weighted by Crippen LogP contribution is 2.18. The fraction of sp³-hybridized carbons (Fsp3) is 0.400. The van der Waals surface area contributed by atoms with Crippen molar-refractivity contribution in [2.24, 2.45) is 7.05 Å². The van der Waals surface area contributed by atoms with Crippen LogP contribution in [0.2, 0.25) is 0 Å². The van der Waals surface area contributed by atoms with Gasteiger partial charge in [0.25, 0.3) is 0 Å². The van der Waals surface area contributed by atoms with Gasteiger partial charge < -0.3 is 14.6 Å². The van der Waals surface area contributed by atoms with Crippen molar-refractivity contribution in [1.82, 2.24) is 14.9 Å². The van der Waals surface area contributed by atoms with Gasteiger partial charge in [0, 0.05) is 31.9 Å². The summed E-state index contributed by atoms with van der Waals surface area (Å²) in [6.45, 7) is 2.77. The summed E-state index contributed by atoms with van der Waals surface area (Å²) in [6, 6.07) is 8.54. The van der Waals surface area contributed by atoms with Crippen LogP contribution in [0.3, 0.4) is 0 Å². The molecule has 0 aliphatic heterocycles. The number of imidazole rings is 1. The normalized spacial score (nSPS) is 12.4. The third kappa shape index (κ3) is 3.58. The second-order valence-electron chi connectivity index (χ2n) is 4.64. The highest BCUT2D eigenvalue weighted by molar-refractivity contribution is 5.30. The van der Waals surface area contributed by atoms with Crippen LogP contribution in [0.5, 0.6) is 5.75 Å². The van der Waals surface area contributed by atoms with Gasteiger partial charge in [-0.05, 0) is 31.7 Å². The lowest BCUT2D eigenvalue weighted by Crippen LogP contribution is -2.12. The first-order valence-corrected chi connectivity index (χ1v) is 6.57. The Kier molecular flexibility index (Phi) is 4.58. The largest absolute Gasteiger partial charge is 0.493 e. The van der Waals surface area contributed by atoms with Crippen LogP contribution in [0.1, 0.15) is 24.4 Å². The summed E-state index contributed by atoms with van der Waals surface area (Å²) in [6.07, 6.45) is 4.57. The average Bonchev–Trinajstić information content (AvgIpc) is 2.84. The van der Waals surface area contributed by atoms with E-state index < -0.39 is 0 Å². The molecule has 1 aromatic carbocycles. The van der Waals surface area contributed by atoms with Crippen molar-refractivity contribution in [3.8, 4) is 5.75 Å². The molecule has 1 aromatic heterocycles. The van der Waals surface area contributed by atoms with Crippen LogP contribution in [-0.4, -0.2) is 23.2 Å². The van der Waals surface area contributed by atoms with Crippen LogP contribution < -0.4 is 10.1 Å². The molecule has 1 N–H and O–H groups in total. The first-order chi connectivity index (χ1) is 9.20. The molecular formula is C15H21N3O. The maximum absolute atomic E-state index is 5.79. The summed E-state index contributed by atoms with van der Waals surface area (Å²) in [5.74, 6) is 1.95. The zero-order chi connectivity index (χ0) is 13.7. The number of hydrogen-bond acceptors (Lipinski definition) is 3. The lowest BCUT2D eigenvalue weighted by molar-refractivity contribution is 0.317. The smallest absolute Gasteiger partial charge is 0.119 e. The summed E-state index contributed by atoms with van der Waals surface area (Å²) in [4.78, 5) is 4.28. The molecule has 0 saturated carbocycles. The third-order valence-corrected chi connectivity index (χ3v) is 3.31. The summed E-state index contributed by atoms with van der Waals surface area (Å²) >= 11 is 0. The number of aromatic nitrogens is 2. The van der Waals surface area contributed by atoms with E-state index in [0.29, 0.717) is 12.6 Å². The molecule has 2 rings (SSSR count).